The molecule has 3 saturated carbocycles. The van der Waals surface area contributed by atoms with Crippen molar-refractivity contribution in [2.24, 2.45) is 28.6 Å². The summed E-state index contributed by atoms with van der Waals surface area (Å²) in [4.78, 5) is 27.0. The van der Waals surface area contributed by atoms with Crippen LogP contribution in [-0.2, 0) is 19.1 Å². The van der Waals surface area contributed by atoms with Crippen LogP contribution in [0.3, 0.4) is 0 Å². The Balaban J connectivity index is 0.00000144. The lowest BCUT2D eigenvalue weighted by Crippen LogP contribution is -2.70. The SMILES string of the molecule is CC.CCSC(=O)[C@@]12OC(c3cccs3)O[C@@H]1CC1[C@@H]3C[C@H](C)C4=CC(=O)C=C[C@]4(C)[C@@]3(F)[C@@H](O)C[C@@]12C. The lowest BCUT2D eigenvalue weighted by atomic mass is 9.43. The molecule has 2 unspecified atom stereocenters. The fourth-order valence-electron chi connectivity index (χ4n) is 8.48. The van der Waals surface area contributed by atoms with Crippen molar-refractivity contribution in [2.75, 3.05) is 5.75 Å². The van der Waals surface area contributed by atoms with E-state index in [9.17, 15) is 14.7 Å². The molecule has 0 amide bonds. The Bertz CT molecular complexity index is 1170. The van der Waals surface area contributed by atoms with Gasteiger partial charge in [0, 0.05) is 16.7 Å². The van der Waals surface area contributed by atoms with Crippen LogP contribution < -0.4 is 0 Å². The molecule has 38 heavy (non-hydrogen) atoms. The second-order valence-corrected chi connectivity index (χ2v) is 13.8. The number of allylic oxidation sites excluding steroid dienone is 4. The molecule has 5 aliphatic rings. The van der Waals surface area contributed by atoms with Crippen molar-refractivity contribution in [3.8, 4) is 0 Å². The first-order valence-electron chi connectivity index (χ1n) is 13.9. The zero-order chi connectivity index (χ0) is 27.7. The highest BCUT2D eigenvalue weighted by Crippen LogP contribution is 2.73. The van der Waals surface area contributed by atoms with Gasteiger partial charge in [-0.3, -0.25) is 9.59 Å². The van der Waals surface area contributed by atoms with E-state index in [2.05, 4.69) is 0 Å². The van der Waals surface area contributed by atoms with E-state index in [4.69, 9.17) is 9.47 Å². The first-order valence-corrected chi connectivity index (χ1v) is 15.8. The van der Waals surface area contributed by atoms with E-state index >= 15 is 4.39 Å². The monoisotopic (exact) mass is 562 g/mol. The Morgan fingerprint density at radius 2 is 2.00 bits per heavy atom. The number of aliphatic hydroxyl groups excluding tert-OH is 1. The van der Waals surface area contributed by atoms with Gasteiger partial charge in [-0.25, -0.2) is 4.39 Å². The van der Waals surface area contributed by atoms with E-state index < -0.39 is 46.5 Å². The van der Waals surface area contributed by atoms with Gasteiger partial charge in [0.25, 0.3) is 0 Å². The van der Waals surface area contributed by atoms with E-state index in [0.29, 0.717) is 18.6 Å². The van der Waals surface area contributed by atoms with Gasteiger partial charge in [0.05, 0.1) is 17.1 Å². The number of hydrogen-bond donors (Lipinski definition) is 1. The molecule has 1 aromatic heterocycles. The van der Waals surface area contributed by atoms with Gasteiger partial charge in [-0.2, -0.15) is 0 Å². The van der Waals surface area contributed by atoms with Gasteiger partial charge in [0.1, 0.15) is 0 Å². The highest BCUT2D eigenvalue weighted by atomic mass is 32.2. The summed E-state index contributed by atoms with van der Waals surface area (Å²) in [6.45, 7) is 11.8. The first-order chi connectivity index (χ1) is 18.0. The third-order valence-corrected chi connectivity index (χ3v) is 11.8. The van der Waals surface area contributed by atoms with Crippen LogP contribution in [0.1, 0.15) is 72.0 Å². The normalized spacial score (nSPS) is 46.7. The maximum atomic E-state index is 17.6. The lowest BCUT2D eigenvalue weighted by molar-refractivity contribution is -0.231. The van der Waals surface area contributed by atoms with E-state index in [1.807, 2.05) is 59.1 Å². The summed E-state index contributed by atoms with van der Waals surface area (Å²) in [5, 5.41) is 13.6. The third-order valence-electron chi connectivity index (χ3n) is 10.1. The molecule has 208 valence electrons. The Morgan fingerprint density at radius 1 is 1.26 bits per heavy atom. The minimum absolute atomic E-state index is 0.0230. The molecule has 0 spiro atoms. The van der Waals surface area contributed by atoms with Gasteiger partial charge in [-0.1, -0.05) is 64.1 Å². The van der Waals surface area contributed by atoms with E-state index in [1.165, 1.54) is 29.2 Å². The maximum Gasteiger partial charge on any atom is 0.224 e. The van der Waals surface area contributed by atoms with Crippen molar-refractivity contribution in [1.29, 1.82) is 0 Å². The van der Waals surface area contributed by atoms with Crippen molar-refractivity contribution >= 4 is 34.0 Å². The Labute approximate surface area is 233 Å². The molecule has 6 rings (SSSR count). The number of thioether (sulfide) groups is 1. The smallest absolute Gasteiger partial charge is 0.224 e. The number of aliphatic hydroxyl groups is 1. The largest absolute Gasteiger partial charge is 0.390 e. The quantitative estimate of drug-likeness (QED) is 0.458. The minimum Gasteiger partial charge on any atom is -0.390 e. The third kappa shape index (κ3) is 3.46. The van der Waals surface area contributed by atoms with Gasteiger partial charge < -0.3 is 14.6 Å². The second kappa shape index (κ2) is 9.65. The number of ketones is 1. The number of halogens is 1. The van der Waals surface area contributed by atoms with Gasteiger partial charge >= 0.3 is 0 Å². The molecule has 0 aromatic carbocycles. The average Bonchev–Trinajstić information content (AvgIpc) is 3.60. The highest BCUT2D eigenvalue weighted by Gasteiger charge is 2.80. The Hall–Kier alpha value is -1.32. The second-order valence-electron chi connectivity index (χ2n) is 11.6. The Morgan fingerprint density at radius 3 is 2.66 bits per heavy atom. The summed E-state index contributed by atoms with van der Waals surface area (Å²) >= 11 is 2.75. The standard InChI is InChI=1S/C28H33FO5S2.C2H6/c1-5-35-24(32)28-22(33-23(34-28)20-7-6-10-36-20)13-18-19-11-15(2)17-12-16(30)8-9-25(17,3)27(19,29)21(31)14-26(18,28)4;1-2/h6-10,12,15,18-19,21-23,31H,5,11,13-14H2,1-4H3;1-2H3/t15-,18?,19-,21-,22+,23?,25-,26-,27-,28-;/m0./s1. The van der Waals surface area contributed by atoms with E-state index in [1.54, 1.807) is 12.2 Å². The van der Waals surface area contributed by atoms with Crippen LogP contribution >= 0.6 is 23.1 Å². The van der Waals surface area contributed by atoms with Crippen molar-refractivity contribution in [1.82, 2.24) is 0 Å². The van der Waals surface area contributed by atoms with Gasteiger partial charge in [-0.05, 0) is 67.4 Å². The highest BCUT2D eigenvalue weighted by molar-refractivity contribution is 8.13. The molecule has 0 bridgehead atoms. The zero-order valence-electron chi connectivity index (χ0n) is 23.0. The summed E-state index contributed by atoms with van der Waals surface area (Å²) < 4.78 is 30.7. The molecule has 1 N–H and O–H groups in total. The van der Waals surface area contributed by atoms with Crippen LogP contribution in [-0.4, -0.2) is 45.2 Å². The topological polar surface area (TPSA) is 72.8 Å². The molecule has 10 atom stereocenters. The first kappa shape index (κ1) is 28.2. The number of alkyl halides is 1. The number of carbonyl (C=O) groups is 2. The summed E-state index contributed by atoms with van der Waals surface area (Å²) in [7, 11) is 0. The zero-order valence-corrected chi connectivity index (χ0v) is 24.7. The summed E-state index contributed by atoms with van der Waals surface area (Å²) in [5.74, 6) is -0.277. The molecule has 4 fully saturated rings. The van der Waals surface area contributed by atoms with Crippen LogP contribution in [0.25, 0.3) is 0 Å². The number of ether oxygens (including phenoxy) is 2. The predicted molar refractivity (Wildman–Crippen MR) is 149 cm³/mol. The van der Waals surface area contributed by atoms with Crippen LogP contribution in [0.2, 0.25) is 0 Å². The van der Waals surface area contributed by atoms with Crippen molar-refractivity contribution in [3.63, 3.8) is 0 Å². The summed E-state index contributed by atoms with van der Waals surface area (Å²) in [6, 6.07) is 3.87. The molecule has 5 nitrogen and oxygen atoms in total. The number of carbonyl (C=O) groups excluding carboxylic acids is 2. The van der Waals surface area contributed by atoms with Crippen molar-refractivity contribution in [2.45, 2.75) is 90.6 Å². The maximum absolute atomic E-state index is 17.6. The van der Waals surface area contributed by atoms with Crippen LogP contribution in [0.5, 0.6) is 0 Å². The number of fused-ring (bicyclic) bond motifs is 7. The number of rotatable bonds is 3. The van der Waals surface area contributed by atoms with Crippen LogP contribution in [0.15, 0.2) is 41.3 Å². The van der Waals surface area contributed by atoms with Gasteiger partial charge in [0.15, 0.2) is 23.3 Å². The van der Waals surface area contributed by atoms with Gasteiger partial charge in [-0.15, -0.1) is 11.3 Å². The fraction of sp³-hybridized carbons (Fsp3) is 0.667. The molecule has 1 aliphatic heterocycles. The molecule has 2 heterocycles. The fourth-order valence-corrected chi connectivity index (χ4v) is 10.1. The minimum atomic E-state index is -1.96. The summed E-state index contributed by atoms with van der Waals surface area (Å²) in [6.07, 6.45) is 3.29. The lowest BCUT2D eigenvalue weighted by Gasteiger charge is -2.63. The van der Waals surface area contributed by atoms with Crippen LogP contribution in [0.4, 0.5) is 4.39 Å². The number of thiophene rings is 1. The molecule has 1 saturated heterocycles. The summed E-state index contributed by atoms with van der Waals surface area (Å²) in [5.41, 5.74) is -4.34. The molecule has 1 aromatic rings. The van der Waals surface area contributed by atoms with E-state index in [0.717, 1.165) is 10.5 Å². The Kier molecular flexibility index (Phi) is 7.17. The molecule has 0 radical (unpaired) electrons. The molecular weight excluding hydrogens is 523 g/mol. The van der Waals surface area contributed by atoms with Gasteiger partial charge in [0.2, 0.25) is 5.12 Å². The van der Waals surface area contributed by atoms with E-state index in [-0.39, 0.29) is 29.2 Å². The number of hydrogen-bond acceptors (Lipinski definition) is 7. The molecule has 4 aliphatic carbocycles. The van der Waals surface area contributed by atoms with Crippen molar-refractivity contribution in [3.05, 3.63) is 46.2 Å². The van der Waals surface area contributed by atoms with Crippen molar-refractivity contribution < 1.29 is 28.6 Å². The predicted octanol–water partition coefficient (Wildman–Crippen LogP) is 6.43. The van der Waals surface area contributed by atoms with Crippen LogP contribution in [0, 0.1) is 28.6 Å². The molecular formula is C30H39FO5S2. The molecule has 8 heteroatoms. The average molecular weight is 563 g/mol.